The van der Waals surface area contributed by atoms with Gasteiger partial charge in [0.15, 0.2) is 0 Å². The summed E-state index contributed by atoms with van der Waals surface area (Å²) in [6.07, 6.45) is 1.69. The molecule has 0 bridgehead atoms. The largest absolute Gasteiger partial charge is 0.437 e. The second kappa shape index (κ2) is 5.79. The molecule has 106 valence electrons. The number of fused-ring (bicyclic) bond motifs is 1. The summed E-state index contributed by atoms with van der Waals surface area (Å²) < 4.78 is 19.8. The lowest BCUT2D eigenvalue weighted by atomic mass is 10.1. The van der Waals surface area contributed by atoms with E-state index in [9.17, 15) is 4.39 Å². The van der Waals surface area contributed by atoms with Crippen molar-refractivity contribution < 1.29 is 9.13 Å². The zero-order valence-electron chi connectivity index (χ0n) is 11.0. The number of rotatable bonds is 3. The van der Waals surface area contributed by atoms with Gasteiger partial charge in [0.25, 0.3) is 0 Å². The topological polar surface area (TPSA) is 48.1 Å². The van der Waals surface area contributed by atoms with Crippen molar-refractivity contribution in [3.63, 3.8) is 0 Å². The smallest absolute Gasteiger partial charge is 0.227 e. The second-order valence-electron chi connectivity index (χ2n) is 4.52. The molecule has 21 heavy (non-hydrogen) atoms. The predicted octanol–water partition coefficient (Wildman–Crippen LogP) is 4.39. The second-order valence-corrected chi connectivity index (χ2v) is 5.37. The molecule has 3 rings (SSSR count). The van der Waals surface area contributed by atoms with Crippen LogP contribution in [0.1, 0.15) is 5.56 Å². The van der Waals surface area contributed by atoms with Gasteiger partial charge in [-0.2, -0.15) is 0 Å². The normalized spacial score (nSPS) is 10.8. The minimum atomic E-state index is -0.365. The van der Waals surface area contributed by atoms with Crippen LogP contribution < -0.4 is 10.5 Å². The fourth-order valence-electron chi connectivity index (χ4n) is 2.13. The Balaban J connectivity index is 2.11. The number of hydrogen-bond donors (Lipinski definition) is 1. The van der Waals surface area contributed by atoms with Crippen LogP contribution in [0.15, 0.2) is 53.1 Å². The quantitative estimate of drug-likeness (QED) is 0.765. The van der Waals surface area contributed by atoms with Crippen LogP contribution in [0.3, 0.4) is 0 Å². The molecule has 0 spiro atoms. The zero-order valence-corrected chi connectivity index (χ0v) is 12.6. The van der Waals surface area contributed by atoms with Gasteiger partial charge < -0.3 is 10.5 Å². The van der Waals surface area contributed by atoms with Crippen LogP contribution in [0.25, 0.3) is 10.8 Å². The molecule has 0 saturated carbocycles. The standard InChI is InChI=1S/C16H12BrFN2O/c17-14-6-5-11(18)7-15(14)21-16-13-4-2-1-3-12(13)10(8-19)9-20-16/h1-7,9H,8,19H2. The number of halogens is 2. The molecule has 0 aliphatic heterocycles. The first-order valence-corrected chi connectivity index (χ1v) is 7.18. The third-order valence-corrected chi connectivity index (χ3v) is 3.82. The molecule has 0 fully saturated rings. The van der Waals surface area contributed by atoms with E-state index in [0.29, 0.717) is 22.6 Å². The van der Waals surface area contributed by atoms with Crippen molar-refractivity contribution in [1.82, 2.24) is 4.98 Å². The van der Waals surface area contributed by atoms with Crippen molar-refractivity contribution in [3.05, 3.63) is 64.5 Å². The Morgan fingerprint density at radius 1 is 1.14 bits per heavy atom. The van der Waals surface area contributed by atoms with E-state index in [1.54, 1.807) is 12.3 Å². The maximum atomic E-state index is 13.3. The predicted molar refractivity (Wildman–Crippen MR) is 83.8 cm³/mol. The van der Waals surface area contributed by atoms with Crippen LogP contribution in [-0.2, 0) is 6.54 Å². The Labute approximate surface area is 129 Å². The van der Waals surface area contributed by atoms with E-state index in [2.05, 4.69) is 20.9 Å². The van der Waals surface area contributed by atoms with Crippen molar-refractivity contribution in [2.75, 3.05) is 0 Å². The molecule has 3 aromatic rings. The molecular formula is C16H12BrFN2O. The van der Waals surface area contributed by atoms with Crippen LogP contribution in [0, 0.1) is 5.82 Å². The van der Waals surface area contributed by atoms with Crippen molar-refractivity contribution in [3.8, 4) is 11.6 Å². The van der Waals surface area contributed by atoms with Crippen LogP contribution in [0.2, 0.25) is 0 Å². The fraction of sp³-hybridized carbons (Fsp3) is 0.0625. The molecule has 0 saturated heterocycles. The minimum Gasteiger partial charge on any atom is -0.437 e. The number of nitrogens with two attached hydrogens (primary N) is 1. The molecule has 2 aromatic carbocycles. The Kier molecular flexibility index (Phi) is 3.86. The highest BCUT2D eigenvalue weighted by atomic mass is 79.9. The number of pyridine rings is 1. The number of nitrogens with zero attached hydrogens (tertiary/aromatic N) is 1. The summed E-state index contributed by atoms with van der Waals surface area (Å²) in [6.45, 7) is 0.400. The van der Waals surface area contributed by atoms with Gasteiger partial charge in [-0.1, -0.05) is 18.2 Å². The van der Waals surface area contributed by atoms with Gasteiger partial charge in [-0.05, 0) is 45.1 Å². The molecule has 0 aliphatic carbocycles. The molecule has 3 nitrogen and oxygen atoms in total. The van der Waals surface area contributed by atoms with Gasteiger partial charge in [0.1, 0.15) is 11.6 Å². The molecule has 5 heteroatoms. The van der Waals surface area contributed by atoms with E-state index in [1.165, 1.54) is 12.1 Å². The van der Waals surface area contributed by atoms with Crippen LogP contribution >= 0.6 is 15.9 Å². The van der Waals surface area contributed by atoms with Gasteiger partial charge >= 0.3 is 0 Å². The lowest BCUT2D eigenvalue weighted by Crippen LogP contribution is -2.00. The van der Waals surface area contributed by atoms with Gasteiger partial charge in [0.2, 0.25) is 5.88 Å². The van der Waals surface area contributed by atoms with Crippen molar-refractivity contribution >= 4 is 26.7 Å². The Morgan fingerprint density at radius 2 is 1.90 bits per heavy atom. The molecule has 0 unspecified atom stereocenters. The Morgan fingerprint density at radius 3 is 2.67 bits per heavy atom. The molecule has 0 aliphatic rings. The third kappa shape index (κ3) is 2.75. The third-order valence-electron chi connectivity index (χ3n) is 3.16. The van der Waals surface area contributed by atoms with Gasteiger partial charge in [-0.15, -0.1) is 0 Å². The van der Waals surface area contributed by atoms with E-state index in [0.717, 1.165) is 16.3 Å². The maximum absolute atomic E-state index is 13.3. The average Bonchev–Trinajstić information content (AvgIpc) is 2.51. The first-order valence-electron chi connectivity index (χ1n) is 6.38. The molecule has 2 N–H and O–H groups in total. The molecule has 1 aromatic heterocycles. The van der Waals surface area contributed by atoms with E-state index in [4.69, 9.17) is 10.5 Å². The van der Waals surface area contributed by atoms with E-state index in [1.807, 2.05) is 24.3 Å². The Bertz CT molecular complexity index is 807. The van der Waals surface area contributed by atoms with Crippen LogP contribution in [-0.4, -0.2) is 4.98 Å². The fourth-order valence-corrected chi connectivity index (χ4v) is 2.46. The van der Waals surface area contributed by atoms with Crippen LogP contribution in [0.5, 0.6) is 11.6 Å². The summed E-state index contributed by atoms with van der Waals surface area (Å²) in [5.41, 5.74) is 6.67. The summed E-state index contributed by atoms with van der Waals surface area (Å²) in [5, 5.41) is 1.83. The van der Waals surface area contributed by atoms with Crippen LogP contribution in [0.4, 0.5) is 4.39 Å². The van der Waals surface area contributed by atoms with Gasteiger partial charge in [-0.25, -0.2) is 9.37 Å². The summed E-state index contributed by atoms with van der Waals surface area (Å²) in [6, 6.07) is 12.0. The first kappa shape index (κ1) is 14.0. The van der Waals surface area contributed by atoms with E-state index < -0.39 is 0 Å². The van der Waals surface area contributed by atoms with E-state index >= 15 is 0 Å². The van der Waals surface area contributed by atoms with Crippen molar-refractivity contribution in [2.24, 2.45) is 5.73 Å². The SMILES string of the molecule is NCc1cnc(Oc2cc(F)ccc2Br)c2ccccc12. The molecule has 0 amide bonds. The maximum Gasteiger partial charge on any atom is 0.227 e. The minimum absolute atomic E-state index is 0.365. The number of hydrogen-bond acceptors (Lipinski definition) is 3. The summed E-state index contributed by atoms with van der Waals surface area (Å²) >= 11 is 3.34. The van der Waals surface area contributed by atoms with Gasteiger partial charge in [0, 0.05) is 24.2 Å². The summed E-state index contributed by atoms with van der Waals surface area (Å²) in [5.74, 6) is 0.443. The number of benzene rings is 2. The Hall–Kier alpha value is -1.98. The lowest BCUT2D eigenvalue weighted by Gasteiger charge is -2.11. The van der Waals surface area contributed by atoms with Gasteiger partial charge in [0.05, 0.1) is 4.47 Å². The highest BCUT2D eigenvalue weighted by Gasteiger charge is 2.10. The van der Waals surface area contributed by atoms with Gasteiger partial charge in [-0.3, -0.25) is 0 Å². The van der Waals surface area contributed by atoms with E-state index in [-0.39, 0.29) is 5.82 Å². The molecule has 0 radical (unpaired) electrons. The lowest BCUT2D eigenvalue weighted by molar-refractivity contribution is 0.461. The zero-order chi connectivity index (χ0) is 14.8. The van der Waals surface area contributed by atoms with Crippen molar-refractivity contribution in [1.29, 1.82) is 0 Å². The average molecular weight is 347 g/mol. The summed E-state index contributed by atoms with van der Waals surface area (Å²) in [7, 11) is 0. The monoisotopic (exact) mass is 346 g/mol. The number of aromatic nitrogens is 1. The molecule has 1 heterocycles. The van der Waals surface area contributed by atoms with Crippen molar-refractivity contribution in [2.45, 2.75) is 6.54 Å². The highest BCUT2D eigenvalue weighted by Crippen LogP contribution is 2.33. The number of ether oxygens (including phenoxy) is 1. The first-order chi connectivity index (χ1) is 10.2. The molecule has 0 atom stereocenters. The highest BCUT2D eigenvalue weighted by molar-refractivity contribution is 9.10. The summed E-state index contributed by atoms with van der Waals surface area (Å²) in [4.78, 5) is 4.30. The molecular weight excluding hydrogens is 335 g/mol.